The molecule has 10 aromatic heterocycles. The lowest BCUT2D eigenvalue weighted by Gasteiger charge is -2.63. The Morgan fingerprint density at radius 3 is 1.05 bits per heavy atom. The Morgan fingerprint density at radius 1 is 0.295 bits per heavy atom. The zero-order valence-electron chi connectivity index (χ0n) is 81.2. The van der Waals surface area contributed by atoms with Gasteiger partial charge < -0.3 is 46.6 Å². The lowest BCUT2D eigenvalue weighted by atomic mass is 9.48. The zero-order chi connectivity index (χ0) is 91.4. The molecule has 7 aliphatic heterocycles. The van der Waals surface area contributed by atoms with Crippen molar-refractivity contribution in [1.29, 1.82) is 0 Å². The second-order valence-electron chi connectivity index (χ2n) is 44.1. The molecular weight excluding hydrogens is 1630 g/mol. The lowest BCUT2D eigenvalue weighted by molar-refractivity contribution is -0.0679. The number of nitrogens with zero attached hydrogens (tertiary/aromatic N) is 10. The normalized spacial score (nSPS) is 27.4. The summed E-state index contributed by atoms with van der Waals surface area (Å²) in [4.78, 5) is 36.6. The SMILES string of the molecule is Cc1cccc2c1N1C(C)c3c(oc4cccnc34)C1(C)C(C)(C)C2(C)C.Cc1cccc2c1N1C(C)c3c(oc4cccnc34)C1(C)C(C)(C)C2(C)C.Cc1ccccc1N1C(C)c2c(oc3cccnc23)C12C1CC3CC(C1)CC2C3.Cc1ccccc1N1C(C)c2c(oc3cccnc23)C12CCCCC2.Cc1ccccc1N1C(C)c2c(oc3ncccc23)C12CCCC2. The molecule has 28 rings (SSSR count). The number of hydrogen-bond donors (Lipinski definition) is 0. The van der Waals surface area contributed by atoms with Crippen LogP contribution in [-0.4, -0.2) is 24.9 Å². The van der Waals surface area contributed by atoms with Crippen LogP contribution in [0.2, 0.25) is 0 Å². The van der Waals surface area contributed by atoms with Crippen molar-refractivity contribution in [2.75, 3.05) is 24.5 Å². The van der Waals surface area contributed by atoms with Crippen LogP contribution in [0.5, 0.6) is 0 Å². The highest BCUT2D eigenvalue weighted by molar-refractivity contribution is 5.89. The second-order valence-corrected chi connectivity index (χ2v) is 44.1. The Morgan fingerprint density at radius 2 is 0.621 bits per heavy atom. The largest absolute Gasteiger partial charge is 0.456 e. The Bertz CT molecular complexity index is 6910. The minimum Gasteiger partial charge on any atom is -0.456 e. The molecule has 6 fully saturated rings. The van der Waals surface area contributed by atoms with Gasteiger partial charge in [-0.3, -0.25) is 19.9 Å². The number of aromatic nitrogens is 5. The third-order valence-corrected chi connectivity index (χ3v) is 37.3. The zero-order valence-corrected chi connectivity index (χ0v) is 81.2. The van der Waals surface area contributed by atoms with E-state index < -0.39 is 0 Å². The van der Waals surface area contributed by atoms with Gasteiger partial charge in [-0.2, -0.15) is 0 Å². The Balaban J connectivity index is 0.0000000937. The summed E-state index contributed by atoms with van der Waals surface area (Å²) in [6.45, 7) is 46.7. The molecule has 13 aliphatic rings. The molecule has 0 N–H and O–H groups in total. The number of para-hydroxylation sites is 5. The molecule has 7 atom stereocenters. The molecule has 6 saturated carbocycles. The molecule has 7 unspecified atom stereocenters. The third kappa shape index (κ3) is 11.1. The molecule has 3 spiro atoms. The van der Waals surface area contributed by atoms with E-state index in [1.807, 2.05) is 73.4 Å². The molecule has 0 saturated heterocycles. The quantitative estimate of drug-likeness (QED) is 0.165. The monoisotopic (exact) mass is 1760 g/mol. The van der Waals surface area contributed by atoms with Crippen LogP contribution in [-0.2, 0) is 38.5 Å². The van der Waals surface area contributed by atoms with E-state index in [0.717, 1.165) is 73.5 Å². The van der Waals surface area contributed by atoms with Crippen molar-refractivity contribution in [3.05, 3.63) is 296 Å². The van der Waals surface area contributed by atoms with Gasteiger partial charge in [-0.05, 0) is 293 Å². The summed E-state index contributed by atoms with van der Waals surface area (Å²) >= 11 is 0. The number of furan rings is 5. The molecule has 15 nitrogen and oxygen atoms in total. The van der Waals surface area contributed by atoms with Crippen molar-refractivity contribution in [1.82, 2.24) is 24.9 Å². The van der Waals surface area contributed by atoms with Gasteiger partial charge in [0.1, 0.15) is 67.5 Å². The summed E-state index contributed by atoms with van der Waals surface area (Å²) < 4.78 is 32.6. The molecule has 17 heterocycles. The summed E-state index contributed by atoms with van der Waals surface area (Å²) in [5.41, 5.74) is 31.0. The Labute approximate surface area is 778 Å². The van der Waals surface area contributed by atoms with Gasteiger partial charge in [-0.25, -0.2) is 4.98 Å². The maximum Gasteiger partial charge on any atom is 0.226 e. The number of hydrogen-bond acceptors (Lipinski definition) is 15. The molecule has 0 amide bonds. The lowest BCUT2D eigenvalue weighted by Crippen LogP contribution is -2.62. The van der Waals surface area contributed by atoms with E-state index >= 15 is 0 Å². The molecule has 132 heavy (non-hydrogen) atoms. The smallest absolute Gasteiger partial charge is 0.226 e. The third-order valence-electron chi connectivity index (χ3n) is 37.3. The summed E-state index contributed by atoms with van der Waals surface area (Å²) in [7, 11) is 0. The van der Waals surface area contributed by atoms with Crippen LogP contribution in [0.1, 0.15) is 320 Å². The summed E-state index contributed by atoms with van der Waals surface area (Å²) in [5, 5.41) is 1.18. The highest BCUT2D eigenvalue weighted by Crippen LogP contribution is 2.74. The highest BCUT2D eigenvalue weighted by Gasteiger charge is 2.71. The van der Waals surface area contributed by atoms with Gasteiger partial charge in [0.2, 0.25) is 5.71 Å². The fourth-order valence-electron chi connectivity index (χ4n) is 29.8. The van der Waals surface area contributed by atoms with E-state index in [-0.39, 0.29) is 67.5 Å². The maximum absolute atomic E-state index is 6.75. The van der Waals surface area contributed by atoms with Crippen LogP contribution in [0.15, 0.2) is 223 Å². The molecule has 0 radical (unpaired) electrons. The van der Waals surface area contributed by atoms with E-state index in [4.69, 9.17) is 37.0 Å². The summed E-state index contributed by atoms with van der Waals surface area (Å²) in [6.07, 6.45) is 27.4. The van der Waals surface area contributed by atoms with Crippen LogP contribution in [0.4, 0.5) is 28.4 Å². The fourth-order valence-corrected chi connectivity index (χ4v) is 29.8. The average molecular weight is 1760 g/mol. The van der Waals surface area contributed by atoms with Crippen LogP contribution < -0.4 is 24.5 Å². The van der Waals surface area contributed by atoms with E-state index in [0.29, 0.717) is 23.9 Å². The van der Waals surface area contributed by atoms with Gasteiger partial charge in [0, 0.05) is 103 Å². The molecule has 5 aromatic carbocycles. The maximum atomic E-state index is 6.75. The van der Waals surface area contributed by atoms with Crippen LogP contribution in [0, 0.1) is 69.1 Å². The first-order valence-electron chi connectivity index (χ1n) is 49.6. The standard InChI is InChI=1S/C26H28N2O.2C24H28N2O.C22H24N2O.C21H22N2O/c1-15-6-3-4-7-21(15)28-16(2)23-24-22(8-5-9-27-24)29-25(23)26(28)19-11-17-10-18(13-19)14-20(26)12-17;2*1-14-10-8-11-16-20(14)26-15(2)18-19-17(12-9-13-25-19)27-21(18)24(26,7)23(5,6)22(16,3)4;1-15-9-4-5-10-17(15)24-16(2)19-20-18(11-8-14-23-20)25-21(19)22(24)12-6-3-7-13-22;1-14-8-3-4-10-17(14)23-15(2)18-16-9-7-13-22-20(16)24-19(18)21(23)11-5-6-12-21/h3-9,16-20H,10-14H2,1-2H3;2*8-13,15H,1-7H3;4-5,8-11,14,16H,3,6-7,12-13H2,1-2H3;3-4,7-10,13,15H,5-6,11-12H2,1-2H3. The number of aryl methyl sites for hydroxylation is 5. The highest BCUT2D eigenvalue weighted by atomic mass is 16.4. The van der Waals surface area contributed by atoms with Crippen molar-refractivity contribution in [3.8, 4) is 0 Å². The van der Waals surface area contributed by atoms with Gasteiger partial charge >= 0.3 is 0 Å². The molecular formula is C117H130N10O5. The van der Waals surface area contributed by atoms with Gasteiger partial charge in [-0.15, -0.1) is 0 Å². The average Bonchev–Trinajstić information content (AvgIpc) is 1.45. The van der Waals surface area contributed by atoms with Crippen LogP contribution >= 0.6 is 0 Å². The van der Waals surface area contributed by atoms with Crippen LogP contribution in [0.3, 0.4) is 0 Å². The minimum atomic E-state index is -0.245. The number of benzene rings is 5. The summed E-state index contributed by atoms with van der Waals surface area (Å²) in [6, 6.07) is 61.6. The van der Waals surface area contributed by atoms with E-state index in [1.54, 1.807) is 0 Å². The van der Waals surface area contributed by atoms with E-state index in [2.05, 4.69) is 300 Å². The van der Waals surface area contributed by atoms with Crippen molar-refractivity contribution >= 4 is 83.9 Å². The fraction of sp³-hybridized carbons (Fsp3) is 0.444. The van der Waals surface area contributed by atoms with Crippen molar-refractivity contribution in [2.24, 2.45) is 34.5 Å². The minimum absolute atomic E-state index is 0.00155. The molecule has 6 aliphatic carbocycles. The molecule has 678 valence electrons. The number of anilines is 5. The van der Waals surface area contributed by atoms with Crippen molar-refractivity contribution in [2.45, 2.75) is 297 Å². The van der Waals surface area contributed by atoms with Gasteiger partial charge in [0.25, 0.3) is 0 Å². The van der Waals surface area contributed by atoms with Crippen molar-refractivity contribution < 1.29 is 22.1 Å². The molecule has 4 bridgehead atoms. The predicted molar refractivity (Wildman–Crippen MR) is 532 cm³/mol. The van der Waals surface area contributed by atoms with Crippen molar-refractivity contribution in [3.63, 3.8) is 0 Å². The van der Waals surface area contributed by atoms with Crippen LogP contribution in [0.25, 0.3) is 55.5 Å². The van der Waals surface area contributed by atoms with E-state index in [9.17, 15) is 0 Å². The van der Waals surface area contributed by atoms with E-state index in [1.165, 1.54) is 208 Å². The van der Waals surface area contributed by atoms with Gasteiger partial charge in [-0.1, -0.05) is 178 Å². The molecule has 15 aromatic rings. The topological polar surface area (TPSA) is 146 Å². The number of pyridine rings is 5. The van der Waals surface area contributed by atoms with Gasteiger partial charge in [0.15, 0.2) is 22.3 Å². The first-order valence-corrected chi connectivity index (χ1v) is 49.6. The Hall–Kier alpha value is -11.5. The first kappa shape index (κ1) is 84.8. The second kappa shape index (κ2) is 29.8. The number of fused-ring (bicyclic) bond motifs is 25. The predicted octanol–water partition coefficient (Wildman–Crippen LogP) is 30.2. The number of rotatable bonds is 3. The Kier molecular flexibility index (Phi) is 19.1. The summed E-state index contributed by atoms with van der Waals surface area (Å²) in [5.74, 6) is 9.06. The molecule has 15 heteroatoms. The van der Waals surface area contributed by atoms with Gasteiger partial charge in [0.05, 0.1) is 41.3 Å². The first-order chi connectivity index (χ1) is 63.4.